The molecule has 2 aliphatic rings. The van der Waals surface area contributed by atoms with Gasteiger partial charge in [-0.25, -0.2) is 4.79 Å². The van der Waals surface area contributed by atoms with Crippen molar-refractivity contribution in [1.29, 1.82) is 0 Å². The summed E-state index contributed by atoms with van der Waals surface area (Å²) in [5, 5.41) is 0. The third-order valence-corrected chi connectivity index (χ3v) is 2.70. The van der Waals surface area contributed by atoms with Crippen LogP contribution in [0.4, 0.5) is 4.79 Å². The Morgan fingerprint density at radius 3 is 2.44 bits per heavy atom. The van der Waals surface area contributed by atoms with Gasteiger partial charge < -0.3 is 14.4 Å². The SMILES string of the molecule is CC(C)(C)OC(=O)N1CC(COC2CC2)C1. The standard InChI is InChI=1S/C12H21NO3/c1-12(2,3)16-11(14)13-6-9(7-13)8-15-10-4-5-10/h9-10H,4-8H2,1-3H3. The van der Waals surface area contributed by atoms with Crippen LogP contribution in [0.2, 0.25) is 0 Å². The molecule has 92 valence electrons. The van der Waals surface area contributed by atoms with E-state index in [0.29, 0.717) is 12.0 Å². The molecule has 0 N–H and O–H groups in total. The fourth-order valence-electron chi connectivity index (χ4n) is 1.66. The Kier molecular flexibility index (Phi) is 3.10. The van der Waals surface area contributed by atoms with Crippen molar-refractivity contribution >= 4 is 6.09 Å². The molecular formula is C12H21NO3. The number of amides is 1. The van der Waals surface area contributed by atoms with E-state index < -0.39 is 5.60 Å². The summed E-state index contributed by atoms with van der Waals surface area (Å²) in [7, 11) is 0. The predicted molar refractivity (Wildman–Crippen MR) is 60.3 cm³/mol. The van der Waals surface area contributed by atoms with E-state index in [4.69, 9.17) is 9.47 Å². The van der Waals surface area contributed by atoms with Gasteiger partial charge in [0.1, 0.15) is 5.60 Å². The van der Waals surface area contributed by atoms with Gasteiger partial charge in [-0.15, -0.1) is 0 Å². The summed E-state index contributed by atoms with van der Waals surface area (Å²) < 4.78 is 10.9. The quantitative estimate of drug-likeness (QED) is 0.740. The second-order valence-electron chi connectivity index (χ2n) is 5.78. The van der Waals surface area contributed by atoms with Gasteiger partial charge in [0.2, 0.25) is 0 Å². The molecular weight excluding hydrogens is 206 g/mol. The van der Waals surface area contributed by atoms with E-state index in [1.54, 1.807) is 4.90 Å². The van der Waals surface area contributed by atoms with E-state index in [0.717, 1.165) is 19.7 Å². The van der Waals surface area contributed by atoms with Gasteiger partial charge in [0.15, 0.2) is 0 Å². The zero-order valence-corrected chi connectivity index (χ0v) is 10.4. The van der Waals surface area contributed by atoms with Crippen molar-refractivity contribution in [2.45, 2.75) is 45.3 Å². The van der Waals surface area contributed by atoms with Crippen molar-refractivity contribution < 1.29 is 14.3 Å². The molecule has 0 aromatic carbocycles. The first-order valence-electron chi connectivity index (χ1n) is 6.03. The van der Waals surface area contributed by atoms with Crippen molar-refractivity contribution in [2.75, 3.05) is 19.7 Å². The molecule has 1 saturated carbocycles. The van der Waals surface area contributed by atoms with Crippen molar-refractivity contribution in [3.63, 3.8) is 0 Å². The molecule has 1 amide bonds. The van der Waals surface area contributed by atoms with Crippen LogP contribution in [0, 0.1) is 5.92 Å². The Labute approximate surface area is 96.9 Å². The van der Waals surface area contributed by atoms with Crippen LogP contribution in [0.3, 0.4) is 0 Å². The van der Waals surface area contributed by atoms with Crippen LogP contribution < -0.4 is 0 Å². The normalized spacial score (nSPS) is 21.8. The van der Waals surface area contributed by atoms with E-state index in [1.165, 1.54) is 12.8 Å². The summed E-state index contributed by atoms with van der Waals surface area (Å²) in [6.07, 6.45) is 2.73. The number of ether oxygens (including phenoxy) is 2. The largest absolute Gasteiger partial charge is 0.444 e. The molecule has 0 atom stereocenters. The number of hydrogen-bond acceptors (Lipinski definition) is 3. The van der Waals surface area contributed by atoms with Crippen molar-refractivity contribution in [2.24, 2.45) is 5.92 Å². The lowest BCUT2D eigenvalue weighted by molar-refractivity contribution is -0.0226. The van der Waals surface area contributed by atoms with Crippen molar-refractivity contribution in [3.8, 4) is 0 Å². The van der Waals surface area contributed by atoms with Crippen LogP contribution in [-0.2, 0) is 9.47 Å². The van der Waals surface area contributed by atoms with Crippen LogP contribution in [0.5, 0.6) is 0 Å². The highest BCUT2D eigenvalue weighted by atomic mass is 16.6. The summed E-state index contributed by atoms with van der Waals surface area (Å²) >= 11 is 0. The van der Waals surface area contributed by atoms with Crippen molar-refractivity contribution in [1.82, 2.24) is 4.90 Å². The summed E-state index contributed by atoms with van der Waals surface area (Å²) in [6.45, 7) is 8.02. The number of hydrogen-bond donors (Lipinski definition) is 0. The topological polar surface area (TPSA) is 38.8 Å². The first-order valence-corrected chi connectivity index (χ1v) is 6.03. The van der Waals surface area contributed by atoms with E-state index in [9.17, 15) is 4.79 Å². The Hall–Kier alpha value is -0.770. The van der Waals surface area contributed by atoms with E-state index in [2.05, 4.69) is 0 Å². The first-order chi connectivity index (χ1) is 7.44. The molecule has 1 aliphatic heterocycles. The molecule has 16 heavy (non-hydrogen) atoms. The molecule has 2 fully saturated rings. The molecule has 0 unspecified atom stereocenters. The molecule has 0 spiro atoms. The number of likely N-dealkylation sites (tertiary alicyclic amines) is 1. The number of carbonyl (C=O) groups is 1. The number of carbonyl (C=O) groups excluding carboxylic acids is 1. The Morgan fingerprint density at radius 1 is 1.31 bits per heavy atom. The summed E-state index contributed by atoms with van der Waals surface area (Å²) in [4.78, 5) is 13.3. The number of nitrogens with zero attached hydrogens (tertiary/aromatic N) is 1. The summed E-state index contributed by atoms with van der Waals surface area (Å²) in [5.41, 5.74) is -0.396. The Balaban J connectivity index is 1.61. The lowest BCUT2D eigenvalue weighted by Crippen LogP contribution is -2.53. The zero-order valence-electron chi connectivity index (χ0n) is 10.4. The Morgan fingerprint density at radius 2 is 1.94 bits per heavy atom. The monoisotopic (exact) mass is 227 g/mol. The second-order valence-corrected chi connectivity index (χ2v) is 5.78. The molecule has 2 rings (SSSR count). The first kappa shape index (κ1) is 11.7. The van der Waals surface area contributed by atoms with E-state index in [-0.39, 0.29) is 6.09 Å². The third-order valence-electron chi connectivity index (χ3n) is 2.70. The molecule has 1 heterocycles. The number of rotatable bonds is 3. The molecule has 0 aromatic rings. The van der Waals surface area contributed by atoms with Gasteiger partial charge in [0.25, 0.3) is 0 Å². The molecule has 4 heteroatoms. The molecule has 0 radical (unpaired) electrons. The molecule has 0 aromatic heterocycles. The van der Waals surface area contributed by atoms with Gasteiger partial charge in [-0.1, -0.05) is 0 Å². The molecule has 4 nitrogen and oxygen atoms in total. The lowest BCUT2D eigenvalue weighted by Gasteiger charge is -2.39. The minimum Gasteiger partial charge on any atom is -0.444 e. The summed E-state index contributed by atoms with van der Waals surface area (Å²) in [5.74, 6) is 0.508. The van der Waals surface area contributed by atoms with E-state index in [1.807, 2.05) is 20.8 Å². The van der Waals surface area contributed by atoms with Crippen LogP contribution in [0.1, 0.15) is 33.6 Å². The third kappa shape index (κ3) is 3.37. The van der Waals surface area contributed by atoms with Crippen LogP contribution in [-0.4, -0.2) is 42.4 Å². The minimum atomic E-state index is -0.396. The van der Waals surface area contributed by atoms with Gasteiger partial charge in [-0.3, -0.25) is 0 Å². The fraction of sp³-hybridized carbons (Fsp3) is 0.917. The maximum atomic E-state index is 11.6. The van der Waals surface area contributed by atoms with E-state index >= 15 is 0 Å². The van der Waals surface area contributed by atoms with Gasteiger partial charge in [0, 0.05) is 19.0 Å². The highest BCUT2D eigenvalue weighted by Gasteiger charge is 2.35. The average Bonchev–Trinajstić information content (AvgIpc) is 2.80. The smallest absolute Gasteiger partial charge is 0.410 e. The minimum absolute atomic E-state index is 0.199. The highest BCUT2D eigenvalue weighted by molar-refractivity contribution is 5.69. The van der Waals surface area contributed by atoms with Crippen LogP contribution in [0.25, 0.3) is 0 Å². The van der Waals surface area contributed by atoms with Crippen LogP contribution in [0.15, 0.2) is 0 Å². The van der Waals surface area contributed by atoms with Gasteiger partial charge in [-0.2, -0.15) is 0 Å². The molecule has 1 aliphatic carbocycles. The highest BCUT2D eigenvalue weighted by Crippen LogP contribution is 2.26. The van der Waals surface area contributed by atoms with Gasteiger partial charge in [0.05, 0.1) is 12.7 Å². The molecule has 0 bridgehead atoms. The molecule has 1 saturated heterocycles. The maximum Gasteiger partial charge on any atom is 0.410 e. The van der Waals surface area contributed by atoms with Crippen LogP contribution >= 0.6 is 0 Å². The van der Waals surface area contributed by atoms with Crippen molar-refractivity contribution in [3.05, 3.63) is 0 Å². The summed E-state index contributed by atoms with van der Waals surface area (Å²) in [6, 6.07) is 0. The Bertz CT molecular complexity index is 262. The zero-order chi connectivity index (χ0) is 11.8. The maximum absolute atomic E-state index is 11.6. The van der Waals surface area contributed by atoms with Gasteiger partial charge >= 0.3 is 6.09 Å². The fourth-order valence-corrected chi connectivity index (χ4v) is 1.66. The second kappa shape index (κ2) is 4.24. The van der Waals surface area contributed by atoms with Gasteiger partial charge in [-0.05, 0) is 33.6 Å². The predicted octanol–water partition coefficient (Wildman–Crippen LogP) is 2.03. The average molecular weight is 227 g/mol. The lowest BCUT2D eigenvalue weighted by atomic mass is 10.0.